The molecule has 6 nitrogen and oxygen atoms in total. The SMILES string of the molecule is O=[N+]([O-])c1ccc(N2Cc3ccc(CO)cc3C2)cn1. The predicted molar refractivity (Wildman–Crippen MR) is 73.1 cm³/mol. The number of aromatic nitrogens is 1. The molecule has 102 valence electrons. The average molecular weight is 271 g/mol. The standard InChI is InChI=1S/C14H13N3O3/c18-9-10-1-2-11-7-16(8-12(11)5-10)13-3-4-14(15-6-13)17(19)20/h1-6,18H,7-9H2. The van der Waals surface area contributed by atoms with Gasteiger partial charge in [-0.2, -0.15) is 0 Å². The summed E-state index contributed by atoms with van der Waals surface area (Å²) in [6.45, 7) is 1.51. The summed E-state index contributed by atoms with van der Waals surface area (Å²) in [6.07, 6.45) is 1.52. The van der Waals surface area contributed by atoms with E-state index in [0.717, 1.165) is 24.3 Å². The second-order valence-corrected chi connectivity index (χ2v) is 4.75. The van der Waals surface area contributed by atoms with Crippen molar-refractivity contribution in [3.63, 3.8) is 0 Å². The van der Waals surface area contributed by atoms with Crippen LogP contribution in [-0.4, -0.2) is 15.0 Å². The van der Waals surface area contributed by atoms with Gasteiger partial charge < -0.3 is 20.1 Å². The third kappa shape index (κ3) is 2.21. The zero-order chi connectivity index (χ0) is 14.1. The number of aliphatic hydroxyl groups is 1. The topological polar surface area (TPSA) is 79.5 Å². The first-order valence-electron chi connectivity index (χ1n) is 6.24. The van der Waals surface area contributed by atoms with E-state index in [-0.39, 0.29) is 12.4 Å². The van der Waals surface area contributed by atoms with Crippen molar-refractivity contribution in [2.45, 2.75) is 19.7 Å². The molecule has 0 aliphatic carbocycles. The van der Waals surface area contributed by atoms with Crippen LogP contribution >= 0.6 is 0 Å². The zero-order valence-electron chi connectivity index (χ0n) is 10.7. The van der Waals surface area contributed by atoms with E-state index in [1.54, 1.807) is 6.07 Å². The summed E-state index contributed by atoms with van der Waals surface area (Å²) >= 11 is 0. The van der Waals surface area contributed by atoms with Crippen LogP contribution in [-0.2, 0) is 19.7 Å². The summed E-state index contributed by atoms with van der Waals surface area (Å²) < 4.78 is 0. The molecule has 2 aromatic rings. The minimum absolute atomic E-state index is 0.0341. The van der Waals surface area contributed by atoms with Gasteiger partial charge in [-0.15, -0.1) is 0 Å². The third-order valence-corrected chi connectivity index (χ3v) is 3.46. The Hall–Kier alpha value is -2.47. The van der Waals surface area contributed by atoms with Crippen LogP contribution in [0.1, 0.15) is 16.7 Å². The Morgan fingerprint density at radius 2 is 2.05 bits per heavy atom. The van der Waals surface area contributed by atoms with Crippen LogP contribution < -0.4 is 4.90 Å². The van der Waals surface area contributed by atoms with E-state index in [1.807, 2.05) is 18.2 Å². The van der Waals surface area contributed by atoms with Gasteiger partial charge in [-0.3, -0.25) is 0 Å². The first kappa shape index (κ1) is 12.6. The van der Waals surface area contributed by atoms with Gasteiger partial charge in [0.2, 0.25) is 0 Å². The van der Waals surface area contributed by atoms with Crippen molar-refractivity contribution in [2.24, 2.45) is 0 Å². The molecule has 1 aliphatic heterocycles. The van der Waals surface area contributed by atoms with E-state index in [2.05, 4.69) is 9.88 Å². The molecular weight excluding hydrogens is 258 g/mol. The van der Waals surface area contributed by atoms with Crippen LogP contribution in [0.2, 0.25) is 0 Å². The zero-order valence-corrected chi connectivity index (χ0v) is 10.7. The van der Waals surface area contributed by atoms with Crippen LogP contribution in [0.15, 0.2) is 36.5 Å². The first-order valence-corrected chi connectivity index (χ1v) is 6.24. The minimum Gasteiger partial charge on any atom is -0.392 e. The lowest BCUT2D eigenvalue weighted by atomic mass is 10.1. The largest absolute Gasteiger partial charge is 0.392 e. The van der Waals surface area contributed by atoms with Gasteiger partial charge in [-0.25, -0.2) is 0 Å². The fourth-order valence-corrected chi connectivity index (χ4v) is 2.40. The van der Waals surface area contributed by atoms with Gasteiger partial charge in [0.1, 0.15) is 0 Å². The summed E-state index contributed by atoms with van der Waals surface area (Å²) in [4.78, 5) is 16.0. The molecule has 20 heavy (non-hydrogen) atoms. The number of nitro groups is 1. The molecule has 0 unspecified atom stereocenters. The van der Waals surface area contributed by atoms with Crippen LogP contribution in [0.4, 0.5) is 11.5 Å². The van der Waals surface area contributed by atoms with Crippen LogP contribution in [0.5, 0.6) is 0 Å². The fraction of sp³-hybridized carbons (Fsp3) is 0.214. The molecule has 1 N–H and O–H groups in total. The molecule has 1 aromatic heterocycles. The van der Waals surface area contributed by atoms with Gasteiger partial charge in [-0.1, -0.05) is 18.2 Å². The van der Waals surface area contributed by atoms with Gasteiger partial charge in [0.25, 0.3) is 0 Å². The number of benzene rings is 1. The summed E-state index contributed by atoms with van der Waals surface area (Å²) in [5.41, 5.74) is 4.14. The smallest absolute Gasteiger partial charge is 0.363 e. The lowest BCUT2D eigenvalue weighted by molar-refractivity contribution is -0.389. The van der Waals surface area contributed by atoms with Crippen molar-refractivity contribution in [1.82, 2.24) is 4.98 Å². The van der Waals surface area contributed by atoms with Crippen LogP contribution in [0, 0.1) is 10.1 Å². The molecule has 0 fully saturated rings. The van der Waals surface area contributed by atoms with Crippen molar-refractivity contribution in [2.75, 3.05) is 4.90 Å². The Bertz CT molecular complexity index is 655. The predicted octanol–water partition coefficient (Wildman–Crippen LogP) is 2.00. The van der Waals surface area contributed by atoms with Crippen molar-refractivity contribution < 1.29 is 10.0 Å². The number of fused-ring (bicyclic) bond motifs is 1. The second-order valence-electron chi connectivity index (χ2n) is 4.75. The maximum absolute atomic E-state index is 10.6. The van der Waals surface area contributed by atoms with E-state index in [9.17, 15) is 10.1 Å². The number of nitrogens with zero attached hydrogens (tertiary/aromatic N) is 3. The lowest BCUT2D eigenvalue weighted by Gasteiger charge is -2.15. The molecular formula is C14H13N3O3. The second kappa shape index (κ2) is 4.90. The third-order valence-electron chi connectivity index (χ3n) is 3.46. The monoisotopic (exact) mass is 271 g/mol. The minimum atomic E-state index is -0.504. The molecule has 1 aliphatic rings. The van der Waals surface area contributed by atoms with Gasteiger partial charge in [0, 0.05) is 19.2 Å². The summed E-state index contributed by atoms with van der Waals surface area (Å²) in [6, 6.07) is 9.05. The van der Waals surface area contributed by atoms with E-state index in [0.29, 0.717) is 0 Å². The van der Waals surface area contributed by atoms with Crippen LogP contribution in [0.3, 0.4) is 0 Å². The molecule has 0 amide bonds. The molecule has 0 saturated carbocycles. The molecule has 0 radical (unpaired) electrons. The molecule has 6 heteroatoms. The number of aliphatic hydroxyl groups excluding tert-OH is 1. The Morgan fingerprint density at radius 3 is 2.70 bits per heavy atom. The van der Waals surface area contributed by atoms with Gasteiger partial charge in [0.15, 0.2) is 6.20 Å². The molecule has 0 atom stereocenters. The molecule has 0 bridgehead atoms. The fourth-order valence-electron chi connectivity index (χ4n) is 2.40. The summed E-state index contributed by atoms with van der Waals surface area (Å²) in [5.74, 6) is -0.145. The maximum Gasteiger partial charge on any atom is 0.363 e. The Labute approximate surface area is 115 Å². The summed E-state index contributed by atoms with van der Waals surface area (Å²) in [5, 5.41) is 19.7. The number of hydrogen-bond donors (Lipinski definition) is 1. The number of rotatable bonds is 3. The highest BCUT2D eigenvalue weighted by molar-refractivity contribution is 5.52. The van der Waals surface area contributed by atoms with E-state index < -0.39 is 4.92 Å². The Kier molecular flexibility index (Phi) is 3.08. The Balaban J connectivity index is 1.82. The average Bonchev–Trinajstić information content (AvgIpc) is 2.90. The van der Waals surface area contributed by atoms with Crippen molar-refractivity contribution in [3.05, 3.63) is 63.3 Å². The summed E-state index contributed by atoms with van der Waals surface area (Å²) in [7, 11) is 0. The molecule has 2 heterocycles. The molecule has 0 saturated heterocycles. The highest BCUT2D eigenvalue weighted by Crippen LogP contribution is 2.29. The van der Waals surface area contributed by atoms with Gasteiger partial charge in [0.05, 0.1) is 12.3 Å². The quantitative estimate of drug-likeness (QED) is 0.682. The molecule has 1 aromatic carbocycles. The van der Waals surface area contributed by atoms with E-state index in [4.69, 9.17) is 5.11 Å². The van der Waals surface area contributed by atoms with Crippen molar-refractivity contribution >= 4 is 11.5 Å². The highest BCUT2D eigenvalue weighted by Gasteiger charge is 2.21. The number of hydrogen-bond acceptors (Lipinski definition) is 5. The lowest BCUT2D eigenvalue weighted by Crippen LogP contribution is -2.14. The van der Waals surface area contributed by atoms with E-state index in [1.165, 1.54) is 23.4 Å². The van der Waals surface area contributed by atoms with Gasteiger partial charge in [-0.05, 0) is 32.7 Å². The van der Waals surface area contributed by atoms with Crippen LogP contribution in [0.25, 0.3) is 0 Å². The number of anilines is 1. The van der Waals surface area contributed by atoms with Gasteiger partial charge >= 0.3 is 5.82 Å². The normalized spacial score (nSPS) is 13.3. The Morgan fingerprint density at radius 1 is 1.25 bits per heavy atom. The van der Waals surface area contributed by atoms with Crippen molar-refractivity contribution in [1.29, 1.82) is 0 Å². The highest BCUT2D eigenvalue weighted by atomic mass is 16.6. The molecule has 3 rings (SSSR count). The van der Waals surface area contributed by atoms with Crippen molar-refractivity contribution in [3.8, 4) is 0 Å². The first-order chi connectivity index (χ1) is 9.67. The van der Waals surface area contributed by atoms with E-state index >= 15 is 0 Å². The number of pyridine rings is 1. The maximum atomic E-state index is 10.6. The molecule has 0 spiro atoms.